The van der Waals surface area contributed by atoms with Crippen LogP contribution < -0.4 is 10.6 Å². The van der Waals surface area contributed by atoms with Crippen molar-refractivity contribution in [3.05, 3.63) is 78.0 Å². The third-order valence-corrected chi connectivity index (χ3v) is 3.21. The second-order valence-electron chi connectivity index (χ2n) is 4.91. The lowest BCUT2D eigenvalue weighted by molar-refractivity contribution is -0.110. The number of rotatable bonds is 2. The van der Waals surface area contributed by atoms with Crippen LogP contribution >= 0.6 is 0 Å². The lowest BCUT2D eigenvalue weighted by atomic mass is 10.1. The number of para-hydroxylation sites is 1. The summed E-state index contributed by atoms with van der Waals surface area (Å²) in [6.07, 6.45) is 1.65. The topological polar surface area (TPSA) is 53.5 Å². The highest BCUT2D eigenvalue weighted by Gasteiger charge is 2.11. The second-order valence-corrected chi connectivity index (χ2v) is 4.91. The van der Waals surface area contributed by atoms with Gasteiger partial charge in [-0.3, -0.25) is 4.79 Å². The van der Waals surface area contributed by atoms with Crippen molar-refractivity contribution in [2.75, 3.05) is 11.9 Å². The molecule has 0 amide bonds. The summed E-state index contributed by atoms with van der Waals surface area (Å²) in [5.74, 6) is 5.90. The van der Waals surface area contributed by atoms with Gasteiger partial charge in [0, 0.05) is 23.0 Å². The number of Topliss-reactive ketones (excluding diaryl/α,β-unsaturated/α-hetero) is 1. The zero-order valence-corrected chi connectivity index (χ0v) is 12.4. The quantitative estimate of drug-likeness (QED) is 0.838. The molecule has 2 N–H and O–H groups in total. The van der Waals surface area contributed by atoms with Gasteiger partial charge in [-0.1, -0.05) is 42.3 Å². The maximum Gasteiger partial charge on any atom is 0.235 e. The molecule has 2 aromatic carbocycles. The minimum absolute atomic E-state index is 0.219. The summed E-state index contributed by atoms with van der Waals surface area (Å²) in [4.78, 5) is 16.4. The van der Waals surface area contributed by atoms with Crippen molar-refractivity contribution < 1.29 is 4.79 Å². The van der Waals surface area contributed by atoms with Crippen molar-refractivity contribution in [1.82, 2.24) is 5.32 Å². The van der Waals surface area contributed by atoms with Crippen LogP contribution in [0.15, 0.2) is 77.4 Å². The molecular weight excluding hydrogens is 286 g/mol. The lowest BCUT2D eigenvalue weighted by Gasteiger charge is -2.14. The van der Waals surface area contributed by atoms with Crippen molar-refractivity contribution in [3.63, 3.8) is 0 Å². The first-order valence-electron chi connectivity index (χ1n) is 7.25. The average Bonchev–Trinajstić information content (AvgIpc) is 2.62. The van der Waals surface area contributed by atoms with Gasteiger partial charge in [-0.25, -0.2) is 4.99 Å². The molecule has 3 rings (SSSR count). The van der Waals surface area contributed by atoms with Gasteiger partial charge >= 0.3 is 0 Å². The highest BCUT2D eigenvalue weighted by Crippen LogP contribution is 2.07. The van der Waals surface area contributed by atoms with Crippen LogP contribution in [-0.2, 0) is 4.79 Å². The number of nitrogens with one attached hydrogen (secondary N) is 2. The minimum Gasteiger partial charge on any atom is -0.332 e. The summed E-state index contributed by atoms with van der Waals surface area (Å²) in [5, 5.41) is 6.13. The molecule has 0 aliphatic carbocycles. The predicted octanol–water partition coefficient (Wildman–Crippen LogP) is 2.56. The van der Waals surface area contributed by atoms with Gasteiger partial charge in [0.2, 0.25) is 5.78 Å². The molecular formula is C19H15N3O. The molecule has 0 aromatic heterocycles. The smallest absolute Gasteiger partial charge is 0.235 e. The van der Waals surface area contributed by atoms with Gasteiger partial charge < -0.3 is 10.6 Å². The molecule has 0 fully saturated rings. The number of nitrogens with zero attached hydrogens (tertiary/aromatic N) is 1. The van der Waals surface area contributed by atoms with E-state index in [0.717, 1.165) is 11.3 Å². The van der Waals surface area contributed by atoms with Crippen LogP contribution in [0.2, 0.25) is 0 Å². The van der Waals surface area contributed by atoms with Crippen molar-refractivity contribution in [3.8, 4) is 11.8 Å². The number of hydrogen-bond acceptors (Lipinski definition) is 4. The van der Waals surface area contributed by atoms with Crippen molar-refractivity contribution in [1.29, 1.82) is 0 Å². The van der Waals surface area contributed by atoms with Crippen LogP contribution in [0.1, 0.15) is 5.56 Å². The molecule has 1 heterocycles. The van der Waals surface area contributed by atoms with Gasteiger partial charge in [0.05, 0.1) is 6.54 Å². The fraction of sp³-hybridized carbons (Fsp3) is 0.0526. The molecule has 0 bridgehead atoms. The molecule has 0 saturated heterocycles. The Kier molecular flexibility index (Phi) is 4.51. The Hall–Kier alpha value is -3.32. The van der Waals surface area contributed by atoms with Crippen LogP contribution in [-0.4, -0.2) is 18.3 Å². The molecule has 1 aliphatic rings. The second kappa shape index (κ2) is 7.10. The Morgan fingerprint density at radius 3 is 2.39 bits per heavy atom. The summed E-state index contributed by atoms with van der Waals surface area (Å²) in [7, 11) is 0. The maximum absolute atomic E-state index is 12.1. The van der Waals surface area contributed by atoms with Crippen LogP contribution in [0.5, 0.6) is 0 Å². The molecule has 0 unspecified atom stereocenters. The number of carbonyl (C=O) groups is 1. The molecule has 0 radical (unpaired) electrons. The fourth-order valence-electron chi connectivity index (χ4n) is 2.01. The van der Waals surface area contributed by atoms with Crippen molar-refractivity contribution >= 4 is 17.4 Å². The minimum atomic E-state index is -0.219. The van der Waals surface area contributed by atoms with Crippen molar-refractivity contribution in [2.24, 2.45) is 4.99 Å². The van der Waals surface area contributed by atoms with Gasteiger partial charge in [-0.15, -0.1) is 0 Å². The molecule has 0 saturated carbocycles. The van der Waals surface area contributed by atoms with E-state index >= 15 is 0 Å². The Bertz CT molecular complexity index is 812. The average molecular weight is 301 g/mol. The summed E-state index contributed by atoms with van der Waals surface area (Å²) < 4.78 is 0. The predicted molar refractivity (Wildman–Crippen MR) is 91.9 cm³/mol. The first-order chi connectivity index (χ1) is 11.3. The highest BCUT2D eigenvalue weighted by molar-refractivity contribution is 6.10. The zero-order chi connectivity index (χ0) is 15.9. The van der Waals surface area contributed by atoms with E-state index in [4.69, 9.17) is 0 Å². The van der Waals surface area contributed by atoms with Gasteiger partial charge in [-0.05, 0) is 30.2 Å². The number of benzene rings is 2. The number of anilines is 1. The zero-order valence-electron chi connectivity index (χ0n) is 12.4. The van der Waals surface area contributed by atoms with E-state index in [1.54, 1.807) is 6.20 Å². The molecule has 0 atom stereocenters. The molecule has 4 nitrogen and oxygen atoms in total. The third-order valence-electron chi connectivity index (χ3n) is 3.21. The normalized spacial score (nSPS) is 12.9. The first-order valence-corrected chi connectivity index (χ1v) is 7.25. The SMILES string of the molecule is O=C(C#Cc1ccccc1)C1=CNC(Nc2ccccc2)=NC1. The summed E-state index contributed by atoms with van der Waals surface area (Å²) in [5.41, 5.74) is 2.30. The molecule has 1 aliphatic heterocycles. The van der Waals surface area contributed by atoms with Gasteiger partial charge in [-0.2, -0.15) is 0 Å². The van der Waals surface area contributed by atoms with E-state index in [2.05, 4.69) is 27.5 Å². The number of ketones is 1. The van der Waals surface area contributed by atoms with E-state index in [0.29, 0.717) is 18.1 Å². The fourth-order valence-corrected chi connectivity index (χ4v) is 2.01. The number of hydrogen-bond donors (Lipinski definition) is 2. The molecule has 112 valence electrons. The number of guanidine groups is 1. The molecule has 0 spiro atoms. The number of aliphatic imine (C=N–C) groups is 1. The van der Waals surface area contributed by atoms with Crippen LogP contribution in [0.3, 0.4) is 0 Å². The molecule has 23 heavy (non-hydrogen) atoms. The Labute approximate surface area is 135 Å². The first kappa shape index (κ1) is 14.6. The lowest BCUT2D eigenvalue weighted by Crippen LogP contribution is -2.31. The van der Waals surface area contributed by atoms with E-state index in [1.165, 1.54) is 0 Å². The van der Waals surface area contributed by atoms with Crippen molar-refractivity contribution in [2.45, 2.75) is 0 Å². The maximum atomic E-state index is 12.1. The summed E-state index contributed by atoms with van der Waals surface area (Å²) >= 11 is 0. The van der Waals surface area contributed by atoms with E-state index in [9.17, 15) is 4.79 Å². The number of carbonyl (C=O) groups excluding carboxylic acids is 1. The Morgan fingerprint density at radius 2 is 1.74 bits per heavy atom. The highest BCUT2D eigenvalue weighted by atomic mass is 16.1. The van der Waals surface area contributed by atoms with Gasteiger partial charge in [0.1, 0.15) is 0 Å². The van der Waals surface area contributed by atoms with E-state index in [-0.39, 0.29) is 5.78 Å². The van der Waals surface area contributed by atoms with Gasteiger partial charge in [0.25, 0.3) is 0 Å². The van der Waals surface area contributed by atoms with Crippen LogP contribution in [0.4, 0.5) is 5.69 Å². The Balaban J connectivity index is 1.60. The third kappa shape index (κ3) is 4.08. The van der Waals surface area contributed by atoms with Crippen LogP contribution in [0, 0.1) is 11.8 Å². The Morgan fingerprint density at radius 1 is 1.04 bits per heavy atom. The largest absolute Gasteiger partial charge is 0.332 e. The van der Waals surface area contributed by atoms with E-state index < -0.39 is 0 Å². The van der Waals surface area contributed by atoms with Crippen LogP contribution in [0.25, 0.3) is 0 Å². The van der Waals surface area contributed by atoms with Gasteiger partial charge in [0.15, 0.2) is 5.96 Å². The molecule has 2 aromatic rings. The molecule has 4 heteroatoms. The summed E-state index contributed by atoms with van der Waals surface area (Å²) in [6.45, 7) is 0.310. The summed E-state index contributed by atoms with van der Waals surface area (Å²) in [6, 6.07) is 19.1. The van der Waals surface area contributed by atoms with E-state index in [1.807, 2.05) is 60.7 Å². The monoisotopic (exact) mass is 301 g/mol. The standard InChI is InChI=1S/C19H15N3O/c23-18(12-11-15-7-3-1-4-8-15)16-13-20-19(21-14-16)22-17-9-5-2-6-10-17/h1-10,13H,14H2,(H2,20,21,22).